The molecule has 0 saturated heterocycles. The zero-order valence-corrected chi connectivity index (χ0v) is 13.9. The molecule has 0 spiro atoms. The highest BCUT2D eigenvalue weighted by Gasteiger charge is 2.28. The number of rotatable bonds is 3. The molecule has 0 radical (unpaired) electrons. The molecule has 1 aromatic heterocycles. The van der Waals surface area contributed by atoms with Gasteiger partial charge in [0, 0.05) is 19.5 Å². The van der Waals surface area contributed by atoms with Gasteiger partial charge in [-0.05, 0) is 40.4 Å². The molecule has 4 nitrogen and oxygen atoms in total. The molecule has 0 aliphatic carbocycles. The Labute approximate surface area is 133 Å². The van der Waals surface area contributed by atoms with Gasteiger partial charge in [-0.15, -0.1) is 0 Å². The Bertz CT molecular complexity index is 653. The van der Waals surface area contributed by atoms with Gasteiger partial charge in [0.25, 0.3) is 0 Å². The number of halogens is 1. The molecule has 1 aliphatic rings. The van der Waals surface area contributed by atoms with E-state index in [-0.39, 0.29) is 12.1 Å². The third-order valence-corrected chi connectivity index (χ3v) is 5.14. The fourth-order valence-corrected chi connectivity index (χ4v) is 3.51. The van der Waals surface area contributed by atoms with Crippen LogP contribution in [-0.2, 0) is 24.6 Å². The van der Waals surface area contributed by atoms with Crippen molar-refractivity contribution in [1.29, 1.82) is 0 Å². The molecule has 2 heterocycles. The van der Waals surface area contributed by atoms with Crippen LogP contribution < -0.4 is 5.73 Å². The number of hydrogen-bond acceptors (Lipinski definition) is 3. The monoisotopic (exact) mass is 349 g/mol. The smallest absolute Gasteiger partial charge is 0.0982 e. The highest BCUT2D eigenvalue weighted by molar-refractivity contribution is 9.10. The summed E-state index contributed by atoms with van der Waals surface area (Å²) in [5.41, 5.74) is 11.1. The summed E-state index contributed by atoms with van der Waals surface area (Å²) >= 11 is 3.61. The Morgan fingerprint density at radius 2 is 2.24 bits per heavy atom. The van der Waals surface area contributed by atoms with Gasteiger partial charge in [0.2, 0.25) is 0 Å². The lowest BCUT2D eigenvalue weighted by Gasteiger charge is -2.30. The maximum Gasteiger partial charge on any atom is 0.0982 e. The number of nitrogens with two attached hydrogens (primary N) is 1. The number of hydrogen-bond donors (Lipinski definition) is 1. The highest BCUT2D eigenvalue weighted by atomic mass is 79.9. The Hall–Kier alpha value is -1.17. The maximum absolute atomic E-state index is 6.46. The van der Waals surface area contributed by atoms with Gasteiger partial charge in [-0.2, -0.15) is 5.10 Å². The summed E-state index contributed by atoms with van der Waals surface area (Å²) in [7, 11) is 1.95. The second-order valence-electron chi connectivity index (χ2n) is 5.58. The molecule has 5 heteroatoms. The number of aromatic nitrogens is 2. The largest absolute Gasteiger partial charge is 0.372 e. The molecule has 0 amide bonds. The third kappa shape index (κ3) is 2.78. The minimum atomic E-state index is -0.0856. The lowest BCUT2D eigenvalue weighted by molar-refractivity contribution is 0.0242. The summed E-state index contributed by atoms with van der Waals surface area (Å²) in [6.07, 6.45) is 1.65. The topological polar surface area (TPSA) is 53.1 Å². The lowest BCUT2D eigenvalue weighted by Crippen LogP contribution is -2.36. The van der Waals surface area contributed by atoms with Crippen LogP contribution in [0.25, 0.3) is 0 Å². The van der Waals surface area contributed by atoms with Crippen LogP contribution in [0.2, 0.25) is 0 Å². The normalized spacial score (nSPS) is 19.3. The summed E-state index contributed by atoms with van der Waals surface area (Å²) in [5.74, 6) is 0. The molecular weight excluding hydrogens is 330 g/mol. The zero-order chi connectivity index (χ0) is 15.0. The Morgan fingerprint density at radius 1 is 1.48 bits per heavy atom. The van der Waals surface area contributed by atoms with E-state index in [0.29, 0.717) is 0 Å². The first kappa shape index (κ1) is 14.8. The molecule has 112 valence electrons. The van der Waals surface area contributed by atoms with Crippen LogP contribution in [0.15, 0.2) is 28.7 Å². The second kappa shape index (κ2) is 5.91. The van der Waals surface area contributed by atoms with Gasteiger partial charge >= 0.3 is 0 Å². The van der Waals surface area contributed by atoms with Gasteiger partial charge in [-0.1, -0.05) is 24.3 Å². The predicted octanol–water partition coefficient (Wildman–Crippen LogP) is 2.67. The van der Waals surface area contributed by atoms with E-state index in [9.17, 15) is 0 Å². The van der Waals surface area contributed by atoms with Crippen LogP contribution in [-0.4, -0.2) is 22.4 Å². The molecule has 2 N–H and O–H groups in total. The van der Waals surface area contributed by atoms with Crippen LogP contribution in [0, 0.1) is 6.92 Å². The molecule has 2 atom stereocenters. The summed E-state index contributed by atoms with van der Waals surface area (Å²) in [4.78, 5) is 0. The minimum absolute atomic E-state index is 0.0444. The van der Waals surface area contributed by atoms with Crippen molar-refractivity contribution in [2.24, 2.45) is 12.8 Å². The number of benzene rings is 1. The molecule has 1 aromatic carbocycles. The molecular formula is C16H20BrN3O. The molecule has 21 heavy (non-hydrogen) atoms. The standard InChI is InChI=1S/C16H20BrN3O/c1-10-15(17)14(20(2)19-10)9-13(18)16-12-6-4-3-5-11(12)7-8-21-16/h3-6,13,16H,7-9,18H2,1-2H3. The van der Waals surface area contributed by atoms with Crippen LogP contribution in [0.3, 0.4) is 0 Å². The van der Waals surface area contributed by atoms with Crippen molar-refractivity contribution in [1.82, 2.24) is 9.78 Å². The van der Waals surface area contributed by atoms with Crippen LogP contribution in [0.4, 0.5) is 0 Å². The molecule has 0 bridgehead atoms. The number of fused-ring (bicyclic) bond motifs is 1. The van der Waals surface area contributed by atoms with E-state index >= 15 is 0 Å². The average Bonchev–Trinajstić information content (AvgIpc) is 2.73. The van der Waals surface area contributed by atoms with Gasteiger partial charge < -0.3 is 10.5 Å². The van der Waals surface area contributed by atoms with E-state index in [1.165, 1.54) is 11.1 Å². The van der Waals surface area contributed by atoms with Crippen molar-refractivity contribution < 1.29 is 4.74 Å². The van der Waals surface area contributed by atoms with E-state index in [2.05, 4.69) is 45.3 Å². The van der Waals surface area contributed by atoms with Gasteiger partial charge in [0.05, 0.1) is 28.6 Å². The first-order valence-corrected chi connectivity index (χ1v) is 8.00. The number of ether oxygens (including phenoxy) is 1. The predicted molar refractivity (Wildman–Crippen MR) is 86.2 cm³/mol. The van der Waals surface area contributed by atoms with Crippen molar-refractivity contribution >= 4 is 15.9 Å². The van der Waals surface area contributed by atoms with E-state index in [4.69, 9.17) is 10.5 Å². The third-order valence-electron chi connectivity index (χ3n) is 4.11. The van der Waals surface area contributed by atoms with E-state index in [1.807, 2.05) is 18.7 Å². The summed E-state index contributed by atoms with van der Waals surface area (Å²) < 4.78 is 8.90. The number of aryl methyl sites for hydroxylation is 2. The van der Waals surface area contributed by atoms with Crippen LogP contribution >= 0.6 is 15.9 Å². The second-order valence-corrected chi connectivity index (χ2v) is 6.37. The summed E-state index contributed by atoms with van der Waals surface area (Å²) in [5, 5.41) is 4.43. The minimum Gasteiger partial charge on any atom is -0.372 e. The van der Waals surface area contributed by atoms with Crippen molar-refractivity contribution in [3.63, 3.8) is 0 Å². The van der Waals surface area contributed by atoms with Crippen LogP contribution in [0.1, 0.15) is 28.6 Å². The first-order valence-electron chi connectivity index (χ1n) is 7.21. The summed E-state index contributed by atoms with van der Waals surface area (Å²) in [6, 6.07) is 8.34. The zero-order valence-electron chi connectivity index (χ0n) is 12.3. The molecule has 0 fully saturated rings. The van der Waals surface area contributed by atoms with Gasteiger partial charge in [-0.3, -0.25) is 4.68 Å². The average molecular weight is 350 g/mol. The van der Waals surface area contributed by atoms with E-state index in [0.717, 1.165) is 35.3 Å². The van der Waals surface area contributed by atoms with Crippen molar-refractivity contribution in [3.8, 4) is 0 Å². The van der Waals surface area contributed by atoms with Gasteiger partial charge in [0.15, 0.2) is 0 Å². The van der Waals surface area contributed by atoms with Crippen LogP contribution in [0.5, 0.6) is 0 Å². The molecule has 2 aromatic rings. The fourth-order valence-electron chi connectivity index (χ4n) is 3.01. The highest BCUT2D eigenvalue weighted by Crippen LogP contribution is 2.31. The first-order chi connectivity index (χ1) is 10.1. The molecule has 3 rings (SSSR count). The summed E-state index contributed by atoms with van der Waals surface area (Å²) in [6.45, 7) is 2.73. The lowest BCUT2D eigenvalue weighted by atomic mass is 9.91. The van der Waals surface area contributed by atoms with Crippen molar-refractivity contribution in [3.05, 3.63) is 51.3 Å². The quantitative estimate of drug-likeness (QED) is 0.926. The molecule has 1 aliphatic heterocycles. The SMILES string of the molecule is Cc1nn(C)c(CC(N)C2OCCc3ccccc32)c1Br. The maximum atomic E-state index is 6.46. The Morgan fingerprint density at radius 3 is 2.95 bits per heavy atom. The molecule has 2 unspecified atom stereocenters. The molecule has 0 saturated carbocycles. The number of nitrogens with zero attached hydrogens (tertiary/aromatic N) is 2. The van der Waals surface area contributed by atoms with Gasteiger partial charge in [0.1, 0.15) is 0 Å². The fraction of sp³-hybridized carbons (Fsp3) is 0.438. The van der Waals surface area contributed by atoms with Gasteiger partial charge in [-0.25, -0.2) is 0 Å². The van der Waals surface area contributed by atoms with Crippen molar-refractivity contribution in [2.75, 3.05) is 6.61 Å². The van der Waals surface area contributed by atoms with E-state index in [1.54, 1.807) is 0 Å². The Kier molecular flexibility index (Phi) is 4.15. The van der Waals surface area contributed by atoms with E-state index < -0.39 is 0 Å². The Balaban J connectivity index is 1.85. The van der Waals surface area contributed by atoms with Crippen molar-refractivity contribution in [2.45, 2.75) is 31.9 Å².